The quantitative estimate of drug-likeness (QED) is 0.595. The van der Waals surface area contributed by atoms with Crippen molar-refractivity contribution < 1.29 is 4.79 Å². The molecule has 1 N–H and O–H groups in total. The van der Waals surface area contributed by atoms with E-state index in [9.17, 15) is 4.79 Å². The van der Waals surface area contributed by atoms with Crippen molar-refractivity contribution >= 4 is 5.91 Å². The van der Waals surface area contributed by atoms with Crippen molar-refractivity contribution in [3.8, 4) is 0 Å². The first-order valence-corrected chi connectivity index (χ1v) is 4.99. The normalized spacial score (nSPS) is 37.8. The maximum atomic E-state index is 12.0. The predicted octanol–water partition coefficient (Wildman–Crippen LogP) is 0.607. The van der Waals surface area contributed by atoms with Gasteiger partial charge >= 0.3 is 0 Å². The Morgan fingerprint density at radius 2 is 2.08 bits per heavy atom. The number of nitrogens with zero attached hydrogens (tertiary/aromatic N) is 1. The van der Waals surface area contributed by atoms with Crippen molar-refractivity contribution in [2.45, 2.75) is 32.7 Å². The van der Waals surface area contributed by atoms with Crippen molar-refractivity contribution in [2.24, 2.45) is 5.41 Å². The van der Waals surface area contributed by atoms with Gasteiger partial charge in [0.1, 0.15) is 0 Å². The molecule has 3 nitrogen and oxygen atoms in total. The standard InChI is InChI=1S/C10H18N2O/c1-9(2)6-10(3)7-11-4-5-12(10)8(9)13/h11H,4-7H2,1-3H3. The summed E-state index contributed by atoms with van der Waals surface area (Å²) in [6.45, 7) is 9.06. The number of carbonyl (C=O) groups excluding carboxylic acids is 1. The van der Waals surface area contributed by atoms with Crippen molar-refractivity contribution in [1.29, 1.82) is 0 Å². The fourth-order valence-electron chi connectivity index (χ4n) is 2.81. The third-order valence-electron chi connectivity index (χ3n) is 3.32. The molecule has 0 aromatic carbocycles. The highest BCUT2D eigenvalue weighted by Gasteiger charge is 2.52. The first-order chi connectivity index (χ1) is 5.96. The molecule has 1 atom stereocenters. The number of amides is 1. The second-order valence-corrected chi connectivity index (χ2v) is 5.19. The van der Waals surface area contributed by atoms with E-state index in [0.29, 0.717) is 5.91 Å². The van der Waals surface area contributed by atoms with E-state index in [1.54, 1.807) is 0 Å². The highest BCUT2D eigenvalue weighted by atomic mass is 16.2. The van der Waals surface area contributed by atoms with Gasteiger partial charge in [0.25, 0.3) is 0 Å². The molecule has 1 amide bonds. The van der Waals surface area contributed by atoms with Gasteiger partial charge in [-0.15, -0.1) is 0 Å². The lowest BCUT2D eigenvalue weighted by atomic mass is 9.84. The number of nitrogens with one attached hydrogen (secondary N) is 1. The molecule has 2 saturated heterocycles. The SMILES string of the molecule is CC1(C)CC2(C)CNCCN2C1=O. The van der Waals surface area contributed by atoms with Crippen LogP contribution in [0, 0.1) is 5.41 Å². The van der Waals surface area contributed by atoms with Crippen LogP contribution in [0.3, 0.4) is 0 Å². The van der Waals surface area contributed by atoms with Crippen LogP contribution in [0.2, 0.25) is 0 Å². The minimum atomic E-state index is -0.152. The Morgan fingerprint density at radius 1 is 1.38 bits per heavy atom. The Bertz CT molecular complexity index is 249. The molecule has 2 rings (SSSR count). The van der Waals surface area contributed by atoms with Gasteiger partial charge in [0, 0.05) is 25.0 Å². The zero-order chi connectivity index (χ0) is 9.69. The number of carbonyl (C=O) groups is 1. The van der Waals surface area contributed by atoms with E-state index in [4.69, 9.17) is 0 Å². The van der Waals surface area contributed by atoms with E-state index in [-0.39, 0.29) is 11.0 Å². The molecule has 3 heteroatoms. The lowest BCUT2D eigenvalue weighted by Gasteiger charge is -2.39. The van der Waals surface area contributed by atoms with Gasteiger partial charge in [0.05, 0.1) is 5.54 Å². The Hall–Kier alpha value is -0.570. The van der Waals surface area contributed by atoms with E-state index in [1.165, 1.54) is 0 Å². The molecule has 2 aliphatic heterocycles. The van der Waals surface area contributed by atoms with Gasteiger partial charge in [0.2, 0.25) is 5.91 Å². The van der Waals surface area contributed by atoms with Gasteiger partial charge in [-0.25, -0.2) is 0 Å². The maximum Gasteiger partial charge on any atom is 0.228 e. The number of hydrogen-bond donors (Lipinski definition) is 1. The molecule has 0 aliphatic carbocycles. The summed E-state index contributed by atoms with van der Waals surface area (Å²) in [7, 11) is 0. The van der Waals surface area contributed by atoms with Gasteiger partial charge in [0.15, 0.2) is 0 Å². The molecule has 1 unspecified atom stereocenters. The summed E-state index contributed by atoms with van der Waals surface area (Å²) in [5.74, 6) is 0.330. The highest BCUT2D eigenvalue weighted by Crippen LogP contribution is 2.42. The van der Waals surface area contributed by atoms with Crippen LogP contribution >= 0.6 is 0 Å². The van der Waals surface area contributed by atoms with E-state index in [2.05, 4.69) is 31.0 Å². The van der Waals surface area contributed by atoms with Crippen molar-refractivity contribution in [2.75, 3.05) is 19.6 Å². The van der Waals surface area contributed by atoms with Crippen LogP contribution in [-0.4, -0.2) is 36.0 Å². The fourth-order valence-corrected chi connectivity index (χ4v) is 2.81. The van der Waals surface area contributed by atoms with Gasteiger partial charge in [-0.2, -0.15) is 0 Å². The summed E-state index contributed by atoms with van der Waals surface area (Å²) in [6, 6.07) is 0. The zero-order valence-electron chi connectivity index (χ0n) is 8.68. The molecule has 2 aliphatic rings. The summed E-state index contributed by atoms with van der Waals surface area (Å²) in [4.78, 5) is 14.0. The second kappa shape index (κ2) is 2.47. The Kier molecular flexibility index (Phi) is 1.71. The maximum absolute atomic E-state index is 12.0. The monoisotopic (exact) mass is 182 g/mol. The lowest BCUT2D eigenvalue weighted by Crippen LogP contribution is -2.57. The third kappa shape index (κ3) is 1.17. The van der Waals surface area contributed by atoms with E-state index < -0.39 is 0 Å². The molecular formula is C10H18N2O. The van der Waals surface area contributed by atoms with Crippen molar-refractivity contribution in [3.63, 3.8) is 0 Å². The van der Waals surface area contributed by atoms with Crippen molar-refractivity contribution in [3.05, 3.63) is 0 Å². The smallest absolute Gasteiger partial charge is 0.228 e. The molecule has 13 heavy (non-hydrogen) atoms. The van der Waals surface area contributed by atoms with Gasteiger partial charge < -0.3 is 10.2 Å². The number of fused-ring (bicyclic) bond motifs is 1. The number of piperazine rings is 1. The summed E-state index contributed by atoms with van der Waals surface area (Å²) in [5.41, 5.74) is -0.0837. The molecule has 0 aromatic rings. The number of rotatable bonds is 0. The van der Waals surface area contributed by atoms with Crippen LogP contribution < -0.4 is 5.32 Å². The lowest BCUT2D eigenvalue weighted by molar-refractivity contribution is -0.137. The highest BCUT2D eigenvalue weighted by molar-refractivity contribution is 5.85. The topological polar surface area (TPSA) is 32.3 Å². The summed E-state index contributed by atoms with van der Waals surface area (Å²) in [5, 5.41) is 3.36. The molecule has 74 valence electrons. The largest absolute Gasteiger partial charge is 0.334 e. The summed E-state index contributed by atoms with van der Waals surface area (Å²) < 4.78 is 0. The molecule has 0 spiro atoms. The van der Waals surface area contributed by atoms with E-state index in [0.717, 1.165) is 26.1 Å². The van der Waals surface area contributed by atoms with Crippen LogP contribution in [0.4, 0.5) is 0 Å². The molecule has 2 heterocycles. The fraction of sp³-hybridized carbons (Fsp3) is 0.900. The minimum absolute atomic E-state index is 0.0683. The Balaban J connectivity index is 2.31. The molecule has 0 saturated carbocycles. The Morgan fingerprint density at radius 3 is 2.69 bits per heavy atom. The molecule has 2 fully saturated rings. The molecule has 0 radical (unpaired) electrons. The summed E-state index contributed by atoms with van der Waals surface area (Å²) >= 11 is 0. The van der Waals surface area contributed by atoms with E-state index in [1.807, 2.05) is 0 Å². The summed E-state index contributed by atoms with van der Waals surface area (Å²) in [6.07, 6.45) is 0.978. The van der Waals surface area contributed by atoms with Crippen LogP contribution in [0.15, 0.2) is 0 Å². The van der Waals surface area contributed by atoms with Crippen LogP contribution in [0.5, 0.6) is 0 Å². The van der Waals surface area contributed by atoms with Gasteiger partial charge in [-0.05, 0) is 13.3 Å². The Labute approximate surface area is 79.5 Å². The molecule has 0 aromatic heterocycles. The minimum Gasteiger partial charge on any atom is -0.334 e. The average molecular weight is 182 g/mol. The number of hydrogen-bond acceptors (Lipinski definition) is 2. The second-order valence-electron chi connectivity index (χ2n) is 5.19. The molecular weight excluding hydrogens is 164 g/mol. The zero-order valence-corrected chi connectivity index (χ0v) is 8.68. The van der Waals surface area contributed by atoms with Crippen molar-refractivity contribution in [1.82, 2.24) is 10.2 Å². The third-order valence-corrected chi connectivity index (χ3v) is 3.32. The first kappa shape index (κ1) is 9.00. The first-order valence-electron chi connectivity index (χ1n) is 4.99. The van der Waals surface area contributed by atoms with E-state index >= 15 is 0 Å². The van der Waals surface area contributed by atoms with Crippen LogP contribution in [0.1, 0.15) is 27.2 Å². The predicted molar refractivity (Wildman–Crippen MR) is 51.4 cm³/mol. The van der Waals surface area contributed by atoms with Crippen LogP contribution in [0.25, 0.3) is 0 Å². The molecule has 0 bridgehead atoms. The van der Waals surface area contributed by atoms with Gasteiger partial charge in [-0.3, -0.25) is 4.79 Å². The van der Waals surface area contributed by atoms with Crippen LogP contribution in [-0.2, 0) is 4.79 Å². The van der Waals surface area contributed by atoms with Gasteiger partial charge in [-0.1, -0.05) is 13.8 Å². The average Bonchev–Trinajstić information content (AvgIpc) is 2.19.